The van der Waals surface area contributed by atoms with Crippen LogP contribution in [-0.4, -0.2) is 30.3 Å². The number of rotatable bonds is 6. The number of alkyl halides is 3. The molecule has 9 heteroatoms. The van der Waals surface area contributed by atoms with Gasteiger partial charge in [-0.3, -0.25) is 9.59 Å². The zero-order valence-corrected chi connectivity index (χ0v) is 15.1. The Morgan fingerprint density at radius 3 is 2.36 bits per heavy atom. The van der Waals surface area contributed by atoms with Gasteiger partial charge in [0.25, 0.3) is 5.91 Å². The van der Waals surface area contributed by atoms with Crippen molar-refractivity contribution in [2.45, 2.75) is 20.0 Å². The van der Waals surface area contributed by atoms with Gasteiger partial charge >= 0.3 is 12.1 Å². The van der Waals surface area contributed by atoms with Gasteiger partial charge in [0.15, 0.2) is 0 Å². The van der Waals surface area contributed by atoms with Crippen molar-refractivity contribution in [3.05, 3.63) is 59.7 Å². The molecule has 2 amide bonds. The van der Waals surface area contributed by atoms with Crippen molar-refractivity contribution in [2.75, 3.05) is 11.9 Å². The van der Waals surface area contributed by atoms with Gasteiger partial charge in [0.1, 0.15) is 5.75 Å². The van der Waals surface area contributed by atoms with Gasteiger partial charge in [0.05, 0.1) is 12.3 Å². The first kappa shape index (κ1) is 20.9. The summed E-state index contributed by atoms with van der Waals surface area (Å²) in [5, 5.41) is 5.71. The molecule has 0 spiro atoms. The predicted octanol–water partition coefficient (Wildman–Crippen LogP) is 3.74. The van der Waals surface area contributed by atoms with Gasteiger partial charge in [0, 0.05) is 11.3 Å². The van der Waals surface area contributed by atoms with Crippen LogP contribution in [0.4, 0.5) is 18.9 Å². The fourth-order valence-electron chi connectivity index (χ4n) is 2.16. The van der Waals surface area contributed by atoms with Gasteiger partial charge in [-0.05, 0) is 55.8 Å². The molecule has 2 aromatic carbocycles. The highest BCUT2D eigenvalue weighted by atomic mass is 19.4. The Bertz CT molecular complexity index is 878. The number of amides is 2. The molecule has 2 aromatic rings. The van der Waals surface area contributed by atoms with Crippen LogP contribution in [0.3, 0.4) is 0 Å². The molecule has 0 fully saturated rings. The van der Waals surface area contributed by atoms with Gasteiger partial charge in [-0.15, -0.1) is 0 Å². The minimum Gasteiger partial charge on any atom is -0.494 e. The maximum atomic E-state index is 12.3. The summed E-state index contributed by atoms with van der Waals surface area (Å²) in [6.45, 7) is 3.93. The van der Waals surface area contributed by atoms with Crippen LogP contribution in [0.15, 0.2) is 53.6 Å². The van der Waals surface area contributed by atoms with Crippen molar-refractivity contribution in [1.29, 1.82) is 0 Å². The highest BCUT2D eigenvalue weighted by molar-refractivity contribution is 6.02. The molecule has 0 unspecified atom stereocenters. The van der Waals surface area contributed by atoms with Gasteiger partial charge in [0.2, 0.25) is 0 Å². The molecule has 2 N–H and O–H groups in total. The molecule has 6 nitrogen and oxygen atoms in total. The maximum absolute atomic E-state index is 12.3. The average Bonchev–Trinajstić information content (AvgIpc) is 2.66. The standard InChI is InChI=1S/C19H18F3N3O3/c1-3-28-16-9-7-13(8-10-16)17(26)25-24-12(2)14-5-4-6-15(11-14)23-18(27)19(20,21)22/h4-11H,3H2,1-2H3,(H,23,27)(H,25,26)/b24-12+. The summed E-state index contributed by atoms with van der Waals surface area (Å²) in [5.41, 5.74) is 3.49. The third-order valence-corrected chi connectivity index (χ3v) is 3.55. The fraction of sp³-hybridized carbons (Fsp3) is 0.211. The fourth-order valence-corrected chi connectivity index (χ4v) is 2.16. The van der Waals surface area contributed by atoms with E-state index in [0.717, 1.165) is 0 Å². The normalized spacial score (nSPS) is 11.7. The quantitative estimate of drug-likeness (QED) is 0.580. The molecule has 28 heavy (non-hydrogen) atoms. The number of hydrogen-bond donors (Lipinski definition) is 2. The highest BCUT2D eigenvalue weighted by Crippen LogP contribution is 2.19. The van der Waals surface area contributed by atoms with Crippen LogP contribution in [-0.2, 0) is 4.79 Å². The first-order chi connectivity index (χ1) is 13.2. The molecule has 2 rings (SSSR count). The van der Waals surface area contributed by atoms with Gasteiger partial charge in [-0.2, -0.15) is 18.3 Å². The van der Waals surface area contributed by atoms with Gasteiger partial charge in [-0.25, -0.2) is 5.43 Å². The summed E-state index contributed by atoms with van der Waals surface area (Å²) in [6.07, 6.45) is -4.98. The number of hydrogen-bond acceptors (Lipinski definition) is 4. The molecule has 0 radical (unpaired) electrons. The summed E-state index contributed by atoms with van der Waals surface area (Å²) in [7, 11) is 0. The number of ether oxygens (including phenoxy) is 1. The van der Waals surface area contributed by atoms with E-state index >= 15 is 0 Å². The lowest BCUT2D eigenvalue weighted by atomic mass is 10.1. The minimum absolute atomic E-state index is 0.0350. The predicted molar refractivity (Wildman–Crippen MR) is 98.4 cm³/mol. The van der Waals surface area contributed by atoms with Crippen LogP contribution >= 0.6 is 0 Å². The number of nitrogens with one attached hydrogen (secondary N) is 2. The Balaban J connectivity index is 2.05. The number of nitrogens with zero attached hydrogens (tertiary/aromatic N) is 1. The summed E-state index contributed by atoms with van der Waals surface area (Å²) in [5.74, 6) is -1.89. The van der Waals surface area contributed by atoms with E-state index in [2.05, 4.69) is 10.5 Å². The maximum Gasteiger partial charge on any atom is 0.471 e. The molecule has 0 saturated carbocycles. The number of anilines is 1. The van der Waals surface area contributed by atoms with Gasteiger partial charge in [-0.1, -0.05) is 12.1 Å². The van der Waals surface area contributed by atoms with Gasteiger partial charge < -0.3 is 10.1 Å². The third kappa shape index (κ3) is 5.83. The van der Waals surface area contributed by atoms with E-state index in [4.69, 9.17) is 4.74 Å². The van der Waals surface area contributed by atoms with Crippen molar-refractivity contribution in [3.8, 4) is 5.75 Å². The lowest BCUT2D eigenvalue weighted by Crippen LogP contribution is -2.29. The highest BCUT2D eigenvalue weighted by Gasteiger charge is 2.38. The minimum atomic E-state index is -4.98. The average molecular weight is 393 g/mol. The zero-order valence-electron chi connectivity index (χ0n) is 15.1. The lowest BCUT2D eigenvalue weighted by Gasteiger charge is -2.09. The van der Waals surface area contributed by atoms with E-state index in [1.165, 1.54) is 18.2 Å². The smallest absolute Gasteiger partial charge is 0.471 e. The van der Waals surface area contributed by atoms with Crippen LogP contribution in [0.5, 0.6) is 5.75 Å². The molecule has 0 aromatic heterocycles. The first-order valence-corrected chi connectivity index (χ1v) is 8.27. The largest absolute Gasteiger partial charge is 0.494 e. The molecule has 0 bridgehead atoms. The summed E-state index contributed by atoms with van der Waals surface area (Å²) in [4.78, 5) is 23.2. The molecular formula is C19H18F3N3O3. The monoisotopic (exact) mass is 393 g/mol. The molecule has 0 atom stereocenters. The topological polar surface area (TPSA) is 79.8 Å². The molecule has 0 aliphatic carbocycles. The Morgan fingerprint density at radius 1 is 1.07 bits per heavy atom. The van der Waals surface area contributed by atoms with E-state index in [9.17, 15) is 22.8 Å². The third-order valence-electron chi connectivity index (χ3n) is 3.55. The van der Waals surface area contributed by atoms with Crippen molar-refractivity contribution in [3.63, 3.8) is 0 Å². The first-order valence-electron chi connectivity index (χ1n) is 8.27. The van der Waals surface area contributed by atoms with E-state index in [0.29, 0.717) is 29.2 Å². The second-order valence-corrected chi connectivity index (χ2v) is 5.63. The van der Waals surface area contributed by atoms with E-state index in [1.807, 2.05) is 6.92 Å². The number of carbonyl (C=O) groups excluding carboxylic acids is 2. The van der Waals surface area contributed by atoms with Crippen molar-refractivity contribution < 1.29 is 27.5 Å². The summed E-state index contributed by atoms with van der Waals surface area (Å²) < 4.78 is 42.3. The molecule has 0 aliphatic rings. The van der Waals surface area contributed by atoms with Crippen molar-refractivity contribution >= 4 is 23.2 Å². The zero-order chi connectivity index (χ0) is 20.7. The van der Waals surface area contributed by atoms with Crippen LogP contribution in [0.2, 0.25) is 0 Å². The van der Waals surface area contributed by atoms with Crippen molar-refractivity contribution in [2.24, 2.45) is 5.10 Å². The summed E-state index contributed by atoms with van der Waals surface area (Å²) in [6, 6.07) is 12.2. The molecular weight excluding hydrogens is 375 g/mol. The number of carbonyl (C=O) groups is 2. The Labute approximate surface area is 159 Å². The lowest BCUT2D eigenvalue weighted by molar-refractivity contribution is -0.167. The SMILES string of the molecule is CCOc1ccc(C(=O)N/N=C(\C)c2cccc(NC(=O)C(F)(F)F)c2)cc1. The van der Waals surface area contributed by atoms with Crippen molar-refractivity contribution in [1.82, 2.24) is 5.43 Å². The Kier molecular flexibility index (Phi) is 6.75. The van der Waals surface area contributed by atoms with E-state index in [-0.39, 0.29) is 5.69 Å². The Hall–Kier alpha value is -3.36. The van der Waals surface area contributed by atoms with E-state index in [1.54, 1.807) is 42.6 Å². The number of benzene rings is 2. The van der Waals surface area contributed by atoms with Crippen LogP contribution in [0, 0.1) is 0 Å². The summed E-state index contributed by atoms with van der Waals surface area (Å²) >= 11 is 0. The van der Waals surface area contributed by atoms with Crippen LogP contribution < -0.4 is 15.5 Å². The molecule has 0 saturated heterocycles. The molecule has 148 valence electrons. The van der Waals surface area contributed by atoms with Crippen LogP contribution in [0.1, 0.15) is 29.8 Å². The van der Waals surface area contributed by atoms with Crippen LogP contribution in [0.25, 0.3) is 0 Å². The number of hydrazone groups is 1. The molecule has 0 aliphatic heterocycles. The second kappa shape index (κ2) is 9.03. The molecule has 0 heterocycles. The van der Waals surface area contributed by atoms with E-state index < -0.39 is 18.0 Å². The Morgan fingerprint density at radius 2 is 1.75 bits per heavy atom. The number of halogens is 3. The second-order valence-electron chi connectivity index (χ2n) is 5.63.